The van der Waals surface area contributed by atoms with Crippen LogP contribution in [-0.2, 0) is 0 Å². The van der Waals surface area contributed by atoms with E-state index in [1.54, 1.807) is 19.3 Å². The zero-order valence-corrected chi connectivity index (χ0v) is 12.7. The van der Waals surface area contributed by atoms with Crippen LogP contribution in [0.3, 0.4) is 0 Å². The highest BCUT2D eigenvalue weighted by atomic mass is 79.9. The van der Waals surface area contributed by atoms with Gasteiger partial charge in [0.05, 0.1) is 22.3 Å². The van der Waals surface area contributed by atoms with Crippen molar-refractivity contribution in [1.29, 1.82) is 0 Å². The molecule has 0 unspecified atom stereocenters. The molecule has 6 nitrogen and oxygen atoms in total. The van der Waals surface area contributed by atoms with Crippen molar-refractivity contribution in [2.24, 2.45) is 0 Å². The average Bonchev–Trinajstić information content (AvgIpc) is 2.91. The topological polar surface area (TPSA) is 78.5 Å². The highest BCUT2D eigenvalue weighted by Gasteiger charge is 2.10. The van der Waals surface area contributed by atoms with Crippen molar-refractivity contribution in [3.05, 3.63) is 33.9 Å². The van der Waals surface area contributed by atoms with Crippen LogP contribution in [0.4, 0.5) is 17.5 Å². The smallest absolute Gasteiger partial charge is 0.226 e. The number of benzene rings is 1. The van der Waals surface area contributed by atoms with Gasteiger partial charge >= 0.3 is 0 Å². The molecule has 2 heterocycles. The summed E-state index contributed by atoms with van der Waals surface area (Å²) in [4.78, 5) is 8.66. The summed E-state index contributed by atoms with van der Waals surface area (Å²) in [7, 11) is 1.76. The molecule has 3 aromatic rings. The van der Waals surface area contributed by atoms with Crippen LogP contribution in [0.5, 0.6) is 0 Å². The van der Waals surface area contributed by atoms with Crippen molar-refractivity contribution < 1.29 is 0 Å². The Kier molecular flexibility index (Phi) is 3.45. The maximum absolute atomic E-state index is 6.18. The van der Waals surface area contributed by atoms with Gasteiger partial charge in [-0.25, -0.2) is 0 Å². The Morgan fingerprint density at radius 1 is 1.30 bits per heavy atom. The van der Waals surface area contributed by atoms with E-state index in [0.29, 0.717) is 22.4 Å². The number of hydrogen-bond donors (Lipinski definition) is 3. The van der Waals surface area contributed by atoms with Crippen LogP contribution < -0.4 is 10.6 Å². The van der Waals surface area contributed by atoms with E-state index in [1.165, 1.54) is 0 Å². The molecule has 0 fully saturated rings. The summed E-state index contributed by atoms with van der Waals surface area (Å²) in [5.74, 6) is 1.13. The lowest BCUT2D eigenvalue weighted by molar-refractivity contribution is 1.09. The van der Waals surface area contributed by atoms with Crippen LogP contribution in [0.1, 0.15) is 0 Å². The first-order valence-electron chi connectivity index (χ1n) is 5.78. The molecule has 0 radical (unpaired) electrons. The van der Waals surface area contributed by atoms with Crippen LogP contribution in [0.15, 0.2) is 28.9 Å². The van der Waals surface area contributed by atoms with Gasteiger partial charge in [-0.3, -0.25) is 5.10 Å². The van der Waals surface area contributed by atoms with E-state index in [0.717, 1.165) is 15.5 Å². The number of rotatable bonds is 3. The molecule has 0 aliphatic carbocycles. The lowest BCUT2D eigenvalue weighted by Crippen LogP contribution is -2.01. The second-order valence-electron chi connectivity index (χ2n) is 4.03. The van der Waals surface area contributed by atoms with Crippen LogP contribution in [0.25, 0.3) is 11.0 Å². The molecule has 0 aliphatic rings. The van der Waals surface area contributed by atoms with E-state index in [9.17, 15) is 0 Å². The zero-order valence-electron chi connectivity index (χ0n) is 10.4. The van der Waals surface area contributed by atoms with Gasteiger partial charge in [0, 0.05) is 11.5 Å². The fourth-order valence-corrected chi connectivity index (χ4v) is 2.29. The number of aromatic nitrogens is 4. The number of hydrogen-bond acceptors (Lipinski definition) is 5. The summed E-state index contributed by atoms with van der Waals surface area (Å²) >= 11 is 9.60. The molecule has 2 aromatic heterocycles. The van der Waals surface area contributed by atoms with Crippen LogP contribution >= 0.6 is 27.5 Å². The number of nitrogens with one attached hydrogen (secondary N) is 3. The summed E-state index contributed by atoms with van der Waals surface area (Å²) in [5.41, 5.74) is 1.40. The molecule has 0 aliphatic heterocycles. The number of anilines is 3. The average molecular weight is 354 g/mol. The fourth-order valence-electron chi connectivity index (χ4n) is 1.76. The Bertz CT molecular complexity index is 772. The summed E-state index contributed by atoms with van der Waals surface area (Å²) in [6.45, 7) is 0. The second kappa shape index (κ2) is 5.26. The monoisotopic (exact) mass is 352 g/mol. The van der Waals surface area contributed by atoms with E-state index in [-0.39, 0.29) is 0 Å². The van der Waals surface area contributed by atoms with Gasteiger partial charge in [-0.1, -0.05) is 27.5 Å². The van der Waals surface area contributed by atoms with Crippen LogP contribution in [-0.4, -0.2) is 27.2 Å². The predicted molar refractivity (Wildman–Crippen MR) is 83.7 cm³/mol. The van der Waals surface area contributed by atoms with Gasteiger partial charge in [0.2, 0.25) is 5.95 Å². The molecule has 0 saturated heterocycles. The third-order valence-electron chi connectivity index (χ3n) is 2.71. The van der Waals surface area contributed by atoms with Crippen LogP contribution in [0.2, 0.25) is 5.02 Å². The maximum Gasteiger partial charge on any atom is 0.226 e. The van der Waals surface area contributed by atoms with Gasteiger partial charge in [0.15, 0.2) is 5.65 Å². The Morgan fingerprint density at radius 3 is 2.95 bits per heavy atom. The predicted octanol–water partition coefficient (Wildman–Crippen LogP) is 3.55. The van der Waals surface area contributed by atoms with Gasteiger partial charge in [0.1, 0.15) is 5.82 Å². The molecule has 0 amide bonds. The molecule has 0 saturated carbocycles. The Labute approximate surface area is 128 Å². The zero-order chi connectivity index (χ0) is 14.1. The minimum Gasteiger partial charge on any atom is -0.357 e. The van der Waals surface area contributed by atoms with Crippen LogP contribution in [0, 0.1) is 0 Å². The number of halogens is 2. The van der Waals surface area contributed by atoms with E-state index in [2.05, 4.69) is 46.7 Å². The summed E-state index contributed by atoms with van der Waals surface area (Å²) in [5, 5.41) is 14.3. The molecule has 0 bridgehead atoms. The first-order valence-corrected chi connectivity index (χ1v) is 6.95. The first kappa shape index (κ1) is 13.1. The van der Waals surface area contributed by atoms with Crippen molar-refractivity contribution in [3.63, 3.8) is 0 Å². The minimum absolute atomic E-state index is 0.496. The lowest BCUT2D eigenvalue weighted by atomic mass is 10.3. The van der Waals surface area contributed by atoms with Gasteiger partial charge in [-0.05, 0) is 18.2 Å². The standard InChI is InChI=1S/C12H10BrClN6/c1-15-12-18-10(7-5-16-20-11(7)19-12)17-9-4-6(13)2-3-8(9)14/h2-5H,1H3,(H3,15,16,17,18,19,20). The molecular weight excluding hydrogens is 344 g/mol. The Morgan fingerprint density at radius 2 is 2.15 bits per heavy atom. The van der Waals surface area contributed by atoms with Gasteiger partial charge in [-0.2, -0.15) is 15.1 Å². The summed E-state index contributed by atoms with van der Waals surface area (Å²) in [6.07, 6.45) is 1.67. The number of fused-ring (bicyclic) bond motifs is 1. The molecule has 3 N–H and O–H groups in total. The lowest BCUT2D eigenvalue weighted by Gasteiger charge is -2.10. The van der Waals surface area contributed by atoms with Gasteiger partial charge in [-0.15, -0.1) is 0 Å². The SMILES string of the molecule is CNc1nc(Nc2cc(Br)ccc2Cl)c2cn[nH]c2n1. The molecule has 102 valence electrons. The van der Waals surface area contributed by atoms with E-state index >= 15 is 0 Å². The maximum atomic E-state index is 6.18. The fraction of sp³-hybridized carbons (Fsp3) is 0.0833. The van der Waals surface area contributed by atoms with Gasteiger partial charge in [0.25, 0.3) is 0 Å². The van der Waals surface area contributed by atoms with Crippen molar-refractivity contribution in [2.75, 3.05) is 17.7 Å². The van der Waals surface area contributed by atoms with Gasteiger partial charge < -0.3 is 10.6 Å². The molecule has 8 heteroatoms. The highest BCUT2D eigenvalue weighted by molar-refractivity contribution is 9.10. The van der Waals surface area contributed by atoms with E-state index in [1.807, 2.05) is 12.1 Å². The molecular formula is C12H10BrClN6. The third-order valence-corrected chi connectivity index (χ3v) is 3.54. The number of nitrogens with zero attached hydrogens (tertiary/aromatic N) is 3. The third kappa shape index (κ3) is 2.41. The van der Waals surface area contributed by atoms with E-state index < -0.39 is 0 Å². The second-order valence-corrected chi connectivity index (χ2v) is 5.35. The van der Waals surface area contributed by atoms with Crippen molar-refractivity contribution in [2.45, 2.75) is 0 Å². The molecule has 20 heavy (non-hydrogen) atoms. The number of aromatic amines is 1. The molecule has 0 atom stereocenters. The molecule has 0 spiro atoms. The largest absolute Gasteiger partial charge is 0.357 e. The molecule has 3 rings (SSSR count). The summed E-state index contributed by atoms with van der Waals surface area (Å²) in [6, 6.07) is 5.57. The van der Waals surface area contributed by atoms with Crippen molar-refractivity contribution in [3.8, 4) is 0 Å². The Hall–Kier alpha value is -1.86. The van der Waals surface area contributed by atoms with E-state index in [4.69, 9.17) is 11.6 Å². The molecule has 1 aromatic carbocycles. The first-order chi connectivity index (χ1) is 9.67. The number of H-pyrrole nitrogens is 1. The Balaban J connectivity index is 2.09. The minimum atomic E-state index is 0.496. The normalized spacial score (nSPS) is 10.8. The highest BCUT2D eigenvalue weighted by Crippen LogP contribution is 2.30. The quantitative estimate of drug-likeness (QED) is 0.671. The van der Waals surface area contributed by atoms with Crippen molar-refractivity contribution in [1.82, 2.24) is 20.2 Å². The van der Waals surface area contributed by atoms with Crippen molar-refractivity contribution >= 4 is 56.0 Å². The summed E-state index contributed by atoms with van der Waals surface area (Å²) < 4.78 is 0.927.